The molecule has 1 aliphatic heterocycles. The van der Waals surface area contributed by atoms with Gasteiger partial charge in [0.25, 0.3) is 0 Å². The lowest BCUT2D eigenvalue weighted by Gasteiger charge is -2.37. The summed E-state index contributed by atoms with van der Waals surface area (Å²) in [6, 6.07) is 6.63. The summed E-state index contributed by atoms with van der Waals surface area (Å²) in [6.45, 7) is 5.85. The normalized spacial score (nSPS) is 19.0. The minimum Gasteiger partial charge on any atom is -0.465 e. The predicted molar refractivity (Wildman–Crippen MR) is 81.8 cm³/mol. The number of hydrogen-bond donors (Lipinski definition) is 1. The number of carboxylic acid groups (broad SMARTS) is 1. The Morgan fingerprint density at radius 3 is 2.38 bits per heavy atom. The van der Waals surface area contributed by atoms with Crippen LogP contribution in [0.25, 0.3) is 0 Å². The van der Waals surface area contributed by atoms with Gasteiger partial charge in [0.1, 0.15) is 0 Å². The van der Waals surface area contributed by atoms with Crippen LogP contribution in [0.4, 0.5) is 10.5 Å². The standard InChI is InChI=1S/C15H19ClN2O3/c1-15(2,3)18(14(20)21)12-8-13(19)17(9-12)11-6-4-10(16)5-7-11/h4-7,12H,8-9H2,1-3H3,(H,20,21). The van der Waals surface area contributed by atoms with Crippen molar-refractivity contribution in [2.24, 2.45) is 0 Å². The van der Waals surface area contributed by atoms with Gasteiger partial charge >= 0.3 is 6.09 Å². The van der Waals surface area contributed by atoms with Gasteiger partial charge < -0.3 is 10.0 Å². The number of carbonyl (C=O) groups excluding carboxylic acids is 1. The molecule has 2 rings (SSSR count). The molecule has 1 heterocycles. The van der Waals surface area contributed by atoms with Crippen molar-refractivity contribution in [3.05, 3.63) is 29.3 Å². The number of amides is 2. The molecule has 1 atom stereocenters. The Balaban J connectivity index is 2.22. The first-order valence-electron chi connectivity index (χ1n) is 6.78. The molecule has 0 bridgehead atoms. The van der Waals surface area contributed by atoms with E-state index in [0.29, 0.717) is 11.6 Å². The lowest BCUT2D eigenvalue weighted by Crippen LogP contribution is -2.52. The minimum absolute atomic E-state index is 0.0715. The first-order valence-corrected chi connectivity index (χ1v) is 7.16. The number of rotatable bonds is 2. The van der Waals surface area contributed by atoms with Crippen molar-refractivity contribution >= 4 is 29.3 Å². The van der Waals surface area contributed by atoms with Crippen molar-refractivity contribution in [2.45, 2.75) is 38.8 Å². The van der Waals surface area contributed by atoms with Crippen molar-refractivity contribution in [2.75, 3.05) is 11.4 Å². The Kier molecular flexibility index (Phi) is 4.14. The van der Waals surface area contributed by atoms with E-state index in [2.05, 4.69) is 0 Å². The lowest BCUT2D eigenvalue weighted by molar-refractivity contribution is -0.117. The molecular formula is C15H19ClN2O3. The fourth-order valence-corrected chi connectivity index (χ4v) is 2.85. The molecular weight excluding hydrogens is 292 g/mol. The zero-order chi connectivity index (χ0) is 15.8. The van der Waals surface area contributed by atoms with Gasteiger partial charge in [0, 0.05) is 29.2 Å². The summed E-state index contributed by atoms with van der Waals surface area (Å²) >= 11 is 5.85. The van der Waals surface area contributed by atoms with E-state index in [9.17, 15) is 14.7 Å². The molecule has 5 nitrogen and oxygen atoms in total. The van der Waals surface area contributed by atoms with Crippen molar-refractivity contribution in [1.29, 1.82) is 0 Å². The Morgan fingerprint density at radius 2 is 1.90 bits per heavy atom. The van der Waals surface area contributed by atoms with E-state index < -0.39 is 11.6 Å². The van der Waals surface area contributed by atoms with Gasteiger partial charge in [-0.3, -0.25) is 9.69 Å². The number of carbonyl (C=O) groups is 2. The lowest BCUT2D eigenvalue weighted by atomic mass is 10.0. The summed E-state index contributed by atoms with van der Waals surface area (Å²) in [5, 5.41) is 10.0. The van der Waals surface area contributed by atoms with Crippen LogP contribution in [0.2, 0.25) is 5.02 Å². The van der Waals surface area contributed by atoms with Crippen molar-refractivity contribution in [3.8, 4) is 0 Å². The van der Waals surface area contributed by atoms with Crippen LogP contribution in [-0.2, 0) is 4.79 Å². The second kappa shape index (κ2) is 5.56. The van der Waals surface area contributed by atoms with Crippen LogP contribution in [0.3, 0.4) is 0 Å². The average Bonchev–Trinajstić information content (AvgIpc) is 2.69. The molecule has 114 valence electrons. The Hall–Kier alpha value is -1.75. The van der Waals surface area contributed by atoms with Crippen LogP contribution >= 0.6 is 11.6 Å². The van der Waals surface area contributed by atoms with Crippen LogP contribution in [0.5, 0.6) is 0 Å². The van der Waals surface area contributed by atoms with E-state index >= 15 is 0 Å². The molecule has 1 unspecified atom stereocenters. The largest absolute Gasteiger partial charge is 0.465 e. The van der Waals surface area contributed by atoms with E-state index in [1.165, 1.54) is 4.90 Å². The molecule has 1 aliphatic rings. The van der Waals surface area contributed by atoms with Crippen molar-refractivity contribution in [1.82, 2.24) is 4.90 Å². The third-order valence-corrected chi connectivity index (χ3v) is 3.79. The summed E-state index contributed by atoms with van der Waals surface area (Å²) in [5.74, 6) is -0.0715. The number of nitrogens with zero attached hydrogens (tertiary/aromatic N) is 2. The maximum atomic E-state index is 12.2. The Morgan fingerprint density at radius 1 is 1.33 bits per heavy atom. The molecule has 2 amide bonds. The van der Waals surface area contributed by atoms with Crippen LogP contribution in [0, 0.1) is 0 Å². The SMILES string of the molecule is CC(C)(C)N(C(=O)O)C1CC(=O)N(c2ccc(Cl)cc2)C1. The summed E-state index contributed by atoms with van der Waals surface area (Å²) in [4.78, 5) is 26.7. The molecule has 0 aromatic heterocycles. The van der Waals surface area contributed by atoms with Gasteiger partial charge in [-0.05, 0) is 45.0 Å². The molecule has 0 radical (unpaired) electrons. The predicted octanol–water partition coefficient (Wildman–Crippen LogP) is 3.22. The van der Waals surface area contributed by atoms with Gasteiger partial charge in [-0.2, -0.15) is 0 Å². The fourth-order valence-electron chi connectivity index (χ4n) is 2.72. The van der Waals surface area contributed by atoms with Gasteiger partial charge in [-0.15, -0.1) is 0 Å². The molecule has 1 fully saturated rings. The molecule has 1 aromatic carbocycles. The van der Waals surface area contributed by atoms with Crippen molar-refractivity contribution < 1.29 is 14.7 Å². The first-order chi connectivity index (χ1) is 9.70. The molecule has 1 N–H and O–H groups in total. The highest BCUT2D eigenvalue weighted by Crippen LogP contribution is 2.29. The zero-order valence-electron chi connectivity index (χ0n) is 12.3. The van der Waals surface area contributed by atoms with Gasteiger partial charge in [-0.1, -0.05) is 11.6 Å². The number of halogens is 1. The van der Waals surface area contributed by atoms with E-state index in [1.807, 2.05) is 20.8 Å². The molecule has 0 spiro atoms. The monoisotopic (exact) mass is 310 g/mol. The number of benzene rings is 1. The Labute approximate surface area is 129 Å². The summed E-state index contributed by atoms with van der Waals surface area (Å²) in [5.41, 5.74) is 0.193. The Bertz CT molecular complexity index is 551. The first kappa shape index (κ1) is 15.6. The molecule has 21 heavy (non-hydrogen) atoms. The average molecular weight is 311 g/mol. The van der Waals surface area contributed by atoms with Crippen LogP contribution in [0.1, 0.15) is 27.2 Å². The van der Waals surface area contributed by atoms with E-state index in [1.54, 1.807) is 29.2 Å². The number of hydrogen-bond acceptors (Lipinski definition) is 2. The third-order valence-electron chi connectivity index (χ3n) is 3.54. The molecule has 1 aromatic rings. The second-order valence-corrected chi connectivity index (χ2v) is 6.60. The zero-order valence-corrected chi connectivity index (χ0v) is 13.1. The highest BCUT2D eigenvalue weighted by atomic mass is 35.5. The van der Waals surface area contributed by atoms with Gasteiger partial charge in [0.05, 0.1) is 6.04 Å². The fraction of sp³-hybridized carbons (Fsp3) is 0.467. The summed E-state index contributed by atoms with van der Waals surface area (Å²) in [6.07, 6.45) is -0.801. The molecule has 0 aliphatic carbocycles. The van der Waals surface area contributed by atoms with Gasteiger partial charge in [0.15, 0.2) is 0 Å². The van der Waals surface area contributed by atoms with Crippen LogP contribution < -0.4 is 4.90 Å². The number of anilines is 1. The summed E-state index contributed by atoms with van der Waals surface area (Å²) < 4.78 is 0. The quantitative estimate of drug-likeness (QED) is 0.912. The maximum absolute atomic E-state index is 12.2. The molecule has 1 saturated heterocycles. The van der Waals surface area contributed by atoms with Crippen LogP contribution in [0.15, 0.2) is 24.3 Å². The van der Waals surface area contributed by atoms with E-state index in [-0.39, 0.29) is 18.4 Å². The van der Waals surface area contributed by atoms with Crippen molar-refractivity contribution in [3.63, 3.8) is 0 Å². The second-order valence-electron chi connectivity index (χ2n) is 6.16. The van der Waals surface area contributed by atoms with Gasteiger partial charge in [0.2, 0.25) is 5.91 Å². The minimum atomic E-state index is -1.00. The van der Waals surface area contributed by atoms with Gasteiger partial charge in [-0.25, -0.2) is 4.79 Å². The van der Waals surface area contributed by atoms with E-state index in [4.69, 9.17) is 11.6 Å². The van der Waals surface area contributed by atoms with Crippen LogP contribution in [-0.4, -0.2) is 40.1 Å². The molecule has 0 saturated carbocycles. The highest BCUT2D eigenvalue weighted by Gasteiger charge is 2.41. The smallest absolute Gasteiger partial charge is 0.408 e. The highest BCUT2D eigenvalue weighted by molar-refractivity contribution is 6.30. The summed E-state index contributed by atoms with van der Waals surface area (Å²) in [7, 11) is 0. The topological polar surface area (TPSA) is 60.9 Å². The third kappa shape index (κ3) is 3.29. The maximum Gasteiger partial charge on any atom is 0.408 e. The van der Waals surface area contributed by atoms with E-state index in [0.717, 1.165) is 5.69 Å². The molecule has 6 heteroatoms.